The second-order valence-corrected chi connectivity index (χ2v) is 7.61. The molecule has 2 aromatic heterocycles. The summed E-state index contributed by atoms with van der Waals surface area (Å²) in [5, 5.41) is 8.16. The smallest absolute Gasteiger partial charge is 0.0673 e. The highest BCUT2D eigenvalue weighted by Crippen LogP contribution is 2.23. The SMILES string of the molecule is Cc1nn(Cc2cc(CNCC(C)C)sc2C)c(C)c1C. The van der Waals surface area contributed by atoms with E-state index >= 15 is 0 Å². The van der Waals surface area contributed by atoms with Gasteiger partial charge < -0.3 is 5.32 Å². The average molecular weight is 305 g/mol. The highest BCUT2D eigenvalue weighted by atomic mass is 32.1. The van der Waals surface area contributed by atoms with Crippen LogP contribution in [0.1, 0.15) is 46.1 Å². The zero-order valence-electron chi connectivity index (χ0n) is 14.1. The van der Waals surface area contributed by atoms with E-state index in [-0.39, 0.29) is 0 Å². The van der Waals surface area contributed by atoms with Crippen LogP contribution < -0.4 is 5.32 Å². The van der Waals surface area contributed by atoms with Gasteiger partial charge in [-0.15, -0.1) is 11.3 Å². The van der Waals surface area contributed by atoms with Crippen LogP contribution in [-0.2, 0) is 13.1 Å². The van der Waals surface area contributed by atoms with Gasteiger partial charge in [0.1, 0.15) is 0 Å². The van der Waals surface area contributed by atoms with Gasteiger partial charge in [-0.3, -0.25) is 4.68 Å². The van der Waals surface area contributed by atoms with Crippen LogP contribution in [-0.4, -0.2) is 16.3 Å². The largest absolute Gasteiger partial charge is 0.312 e. The van der Waals surface area contributed by atoms with E-state index in [2.05, 4.69) is 62.7 Å². The summed E-state index contributed by atoms with van der Waals surface area (Å²) in [7, 11) is 0. The number of thiophene rings is 1. The van der Waals surface area contributed by atoms with Crippen LogP contribution in [0.2, 0.25) is 0 Å². The lowest BCUT2D eigenvalue weighted by atomic mass is 10.2. The lowest BCUT2D eigenvalue weighted by Crippen LogP contribution is -2.18. The molecular weight excluding hydrogens is 278 g/mol. The van der Waals surface area contributed by atoms with E-state index in [1.807, 2.05) is 11.3 Å². The Hall–Kier alpha value is -1.13. The molecule has 0 bridgehead atoms. The summed E-state index contributed by atoms with van der Waals surface area (Å²) in [5.74, 6) is 0.697. The van der Waals surface area contributed by atoms with E-state index in [0.29, 0.717) is 5.92 Å². The summed E-state index contributed by atoms with van der Waals surface area (Å²) in [4.78, 5) is 2.82. The van der Waals surface area contributed by atoms with Gasteiger partial charge in [0.25, 0.3) is 0 Å². The molecule has 0 spiro atoms. The highest BCUT2D eigenvalue weighted by molar-refractivity contribution is 7.12. The zero-order chi connectivity index (χ0) is 15.6. The van der Waals surface area contributed by atoms with Crippen molar-refractivity contribution >= 4 is 11.3 Å². The molecule has 0 fully saturated rings. The van der Waals surface area contributed by atoms with Crippen molar-refractivity contribution in [1.82, 2.24) is 15.1 Å². The van der Waals surface area contributed by atoms with Gasteiger partial charge in [-0.1, -0.05) is 13.8 Å². The van der Waals surface area contributed by atoms with Crippen molar-refractivity contribution in [1.29, 1.82) is 0 Å². The minimum atomic E-state index is 0.697. The number of nitrogens with zero attached hydrogens (tertiary/aromatic N) is 2. The molecule has 4 heteroatoms. The van der Waals surface area contributed by atoms with Crippen LogP contribution in [0.4, 0.5) is 0 Å². The third kappa shape index (κ3) is 3.95. The van der Waals surface area contributed by atoms with Crippen molar-refractivity contribution in [2.45, 2.75) is 54.6 Å². The molecule has 21 heavy (non-hydrogen) atoms. The number of aryl methyl sites for hydroxylation is 2. The van der Waals surface area contributed by atoms with E-state index in [9.17, 15) is 0 Å². The maximum absolute atomic E-state index is 4.65. The molecule has 0 atom stereocenters. The monoisotopic (exact) mass is 305 g/mol. The van der Waals surface area contributed by atoms with Gasteiger partial charge in [-0.25, -0.2) is 0 Å². The lowest BCUT2D eigenvalue weighted by molar-refractivity contribution is 0.554. The van der Waals surface area contributed by atoms with E-state index in [4.69, 9.17) is 0 Å². The molecule has 0 aromatic carbocycles. The standard InChI is InChI=1S/C17H27N3S/c1-11(2)8-18-9-17-7-16(15(6)21-17)10-20-14(5)12(3)13(4)19-20/h7,11,18H,8-10H2,1-6H3. The van der Waals surface area contributed by atoms with Crippen LogP contribution in [0.25, 0.3) is 0 Å². The fourth-order valence-electron chi connectivity index (χ4n) is 2.42. The normalized spacial score (nSPS) is 11.6. The molecule has 0 radical (unpaired) electrons. The van der Waals surface area contributed by atoms with Crippen molar-refractivity contribution in [2.75, 3.05) is 6.54 Å². The number of rotatable bonds is 6. The van der Waals surface area contributed by atoms with Crippen molar-refractivity contribution in [3.8, 4) is 0 Å². The van der Waals surface area contributed by atoms with Crippen LogP contribution in [0, 0.1) is 33.6 Å². The Morgan fingerprint density at radius 1 is 1.24 bits per heavy atom. The Bertz CT molecular complexity index is 608. The minimum absolute atomic E-state index is 0.697. The first kappa shape index (κ1) is 16.2. The molecule has 0 saturated heterocycles. The number of aromatic nitrogens is 2. The molecule has 0 saturated carbocycles. The molecule has 116 valence electrons. The predicted octanol–water partition coefficient (Wildman–Crippen LogP) is 3.97. The van der Waals surface area contributed by atoms with E-state index in [1.54, 1.807) is 0 Å². The Labute approximate surface area is 132 Å². The summed E-state index contributed by atoms with van der Waals surface area (Å²) in [5.41, 5.74) is 5.12. The molecule has 0 amide bonds. The van der Waals surface area contributed by atoms with Gasteiger partial charge >= 0.3 is 0 Å². The molecule has 0 unspecified atom stereocenters. The highest BCUT2D eigenvalue weighted by Gasteiger charge is 2.11. The first-order chi connectivity index (χ1) is 9.88. The third-order valence-electron chi connectivity index (χ3n) is 3.99. The van der Waals surface area contributed by atoms with E-state index < -0.39 is 0 Å². The Morgan fingerprint density at radius 3 is 2.52 bits per heavy atom. The van der Waals surface area contributed by atoms with Gasteiger partial charge in [0.2, 0.25) is 0 Å². The molecule has 3 nitrogen and oxygen atoms in total. The van der Waals surface area contributed by atoms with Crippen LogP contribution >= 0.6 is 11.3 Å². The van der Waals surface area contributed by atoms with Gasteiger partial charge in [0.15, 0.2) is 0 Å². The predicted molar refractivity (Wildman–Crippen MR) is 91.1 cm³/mol. The average Bonchev–Trinajstić information content (AvgIpc) is 2.86. The number of hydrogen-bond donors (Lipinski definition) is 1. The Morgan fingerprint density at radius 2 is 1.95 bits per heavy atom. The number of nitrogens with one attached hydrogen (secondary N) is 1. The van der Waals surface area contributed by atoms with Crippen molar-refractivity contribution in [3.63, 3.8) is 0 Å². The van der Waals surface area contributed by atoms with Crippen LogP contribution in [0.3, 0.4) is 0 Å². The molecular formula is C17H27N3S. The maximum Gasteiger partial charge on any atom is 0.0673 e. The lowest BCUT2D eigenvalue weighted by Gasteiger charge is -2.05. The summed E-state index contributed by atoms with van der Waals surface area (Å²) >= 11 is 1.90. The molecule has 1 N–H and O–H groups in total. The molecule has 0 aliphatic carbocycles. The molecule has 2 aromatic rings. The molecule has 0 aliphatic rings. The van der Waals surface area contributed by atoms with E-state index in [1.165, 1.54) is 26.6 Å². The van der Waals surface area contributed by atoms with Crippen molar-refractivity contribution in [2.24, 2.45) is 5.92 Å². The van der Waals surface area contributed by atoms with Gasteiger partial charge in [-0.05, 0) is 57.4 Å². The van der Waals surface area contributed by atoms with Crippen molar-refractivity contribution < 1.29 is 0 Å². The molecule has 0 aliphatic heterocycles. The number of hydrogen-bond acceptors (Lipinski definition) is 3. The fraction of sp³-hybridized carbons (Fsp3) is 0.588. The van der Waals surface area contributed by atoms with Crippen LogP contribution in [0.15, 0.2) is 6.07 Å². The van der Waals surface area contributed by atoms with Gasteiger partial charge in [0.05, 0.1) is 12.2 Å². The fourth-order valence-corrected chi connectivity index (χ4v) is 3.44. The second-order valence-electron chi connectivity index (χ2n) is 6.27. The minimum Gasteiger partial charge on any atom is -0.312 e. The summed E-state index contributed by atoms with van der Waals surface area (Å²) in [6.07, 6.45) is 0. The third-order valence-corrected chi connectivity index (χ3v) is 5.08. The van der Waals surface area contributed by atoms with Crippen molar-refractivity contribution in [3.05, 3.63) is 38.3 Å². The van der Waals surface area contributed by atoms with E-state index in [0.717, 1.165) is 25.3 Å². The quantitative estimate of drug-likeness (QED) is 0.875. The summed E-state index contributed by atoms with van der Waals surface area (Å²) < 4.78 is 2.13. The van der Waals surface area contributed by atoms with Crippen LogP contribution in [0.5, 0.6) is 0 Å². The zero-order valence-corrected chi connectivity index (χ0v) is 14.9. The molecule has 2 rings (SSSR count). The first-order valence-corrected chi connectivity index (χ1v) is 8.49. The summed E-state index contributed by atoms with van der Waals surface area (Å²) in [6, 6.07) is 2.33. The first-order valence-electron chi connectivity index (χ1n) is 7.68. The summed E-state index contributed by atoms with van der Waals surface area (Å²) in [6.45, 7) is 16.0. The Kier molecular flexibility index (Phi) is 5.22. The topological polar surface area (TPSA) is 29.9 Å². The second kappa shape index (κ2) is 6.75. The molecule has 2 heterocycles. The maximum atomic E-state index is 4.65. The van der Waals surface area contributed by atoms with Gasteiger partial charge in [0, 0.05) is 22.0 Å². The Balaban J connectivity index is 2.07. The van der Waals surface area contributed by atoms with Gasteiger partial charge in [-0.2, -0.15) is 5.10 Å².